The summed E-state index contributed by atoms with van der Waals surface area (Å²) in [5.74, 6) is 0.687. The van der Waals surface area contributed by atoms with E-state index in [0.29, 0.717) is 5.92 Å². The fourth-order valence-corrected chi connectivity index (χ4v) is 1.95. The number of rotatable bonds is 1. The average molecular weight is 165 g/mol. The molecule has 3 heteroatoms. The fourth-order valence-electron chi connectivity index (χ4n) is 1.95. The molecule has 1 aromatic rings. The van der Waals surface area contributed by atoms with Crippen LogP contribution in [0, 0.1) is 0 Å². The van der Waals surface area contributed by atoms with Gasteiger partial charge in [-0.25, -0.2) is 0 Å². The highest BCUT2D eigenvalue weighted by Crippen LogP contribution is 2.30. The van der Waals surface area contributed by atoms with Gasteiger partial charge >= 0.3 is 0 Å². The maximum Gasteiger partial charge on any atom is 0.0857 e. The largest absolute Gasteiger partial charge is 0.255 e. The minimum atomic E-state index is 0.687. The fraction of sp³-hybridized carbons (Fsp3) is 0.778. The van der Waals surface area contributed by atoms with E-state index < -0.39 is 0 Å². The van der Waals surface area contributed by atoms with E-state index in [4.69, 9.17) is 0 Å². The molecule has 0 N–H and O–H groups in total. The molecule has 66 valence electrons. The van der Waals surface area contributed by atoms with Gasteiger partial charge in [-0.3, -0.25) is 4.68 Å². The summed E-state index contributed by atoms with van der Waals surface area (Å²) in [6.45, 7) is 0. The molecule has 0 atom stereocenters. The van der Waals surface area contributed by atoms with Gasteiger partial charge < -0.3 is 0 Å². The van der Waals surface area contributed by atoms with Crippen LogP contribution in [0.1, 0.15) is 43.7 Å². The van der Waals surface area contributed by atoms with Crippen molar-refractivity contribution in [2.75, 3.05) is 0 Å². The minimum absolute atomic E-state index is 0.687. The molecule has 1 saturated carbocycles. The van der Waals surface area contributed by atoms with Crippen molar-refractivity contribution in [1.29, 1.82) is 0 Å². The van der Waals surface area contributed by atoms with Gasteiger partial charge in [-0.2, -0.15) is 0 Å². The van der Waals surface area contributed by atoms with Crippen molar-refractivity contribution < 1.29 is 0 Å². The molecule has 0 bridgehead atoms. The van der Waals surface area contributed by atoms with Crippen LogP contribution in [0.4, 0.5) is 0 Å². The van der Waals surface area contributed by atoms with Crippen LogP contribution >= 0.6 is 0 Å². The molecule has 0 aliphatic heterocycles. The van der Waals surface area contributed by atoms with Gasteiger partial charge in [-0.15, -0.1) is 5.10 Å². The molecule has 1 aliphatic carbocycles. The van der Waals surface area contributed by atoms with Crippen molar-refractivity contribution in [3.8, 4) is 0 Å². The second-order valence-corrected chi connectivity index (χ2v) is 3.65. The van der Waals surface area contributed by atoms with E-state index in [2.05, 4.69) is 16.5 Å². The van der Waals surface area contributed by atoms with E-state index in [1.807, 2.05) is 7.05 Å². The molecule has 0 amide bonds. The molecular formula is C9H15N3. The Balaban J connectivity index is 2.08. The number of hydrogen-bond acceptors (Lipinski definition) is 2. The molecule has 1 fully saturated rings. The molecule has 0 radical (unpaired) electrons. The van der Waals surface area contributed by atoms with Crippen LogP contribution in [-0.4, -0.2) is 15.0 Å². The Morgan fingerprint density at radius 2 is 2.08 bits per heavy atom. The van der Waals surface area contributed by atoms with Crippen LogP contribution in [-0.2, 0) is 7.05 Å². The molecule has 12 heavy (non-hydrogen) atoms. The molecule has 3 nitrogen and oxygen atoms in total. The highest BCUT2D eigenvalue weighted by molar-refractivity contribution is 5.02. The third-order valence-electron chi connectivity index (χ3n) is 2.64. The summed E-state index contributed by atoms with van der Waals surface area (Å²) in [6.07, 6.45) is 8.78. The summed E-state index contributed by atoms with van der Waals surface area (Å²) >= 11 is 0. The first-order valence-corrected chi connectivity index (χ1v) is 4.72. The molecule has 1 heterocycles. The van der Waals surface area contributed by atoms with Crippen molar-refractivity contribution in [2.45, 2.75) is 38.0 Å². The normalized spacial score (nSPS) is 19.8. The zero-order valence-electron chi connectivity index (χ0n) is 7.53. The predicted octanol–water partition coefficient (Wildman–Crippen LogP) is 1.86. The molecule has 2 rings (SSSR count). The summed E-state index contributed by atoms with van der Waals surface area (Å²) in [4.78, 5) is 0. The van der Waals surface area contributed by atoms with Crippen molar-refractivity contribution in [2.24, 2.45) is 7.05 Å². The highest BCUT2D eigenvalue weighted by atomic mass is 15.4. The van der Waals surface area contributed by atoms with Gasteiger partial charge in [0.05, 0.1) is 5.69 Å². The van der Waals surface area contributed by atoms with Gasteiger partial charge in [0.25, 0.3) is 0 Å². The van der Waals surface area contributed by atoms with E-state index in [9.17, 15) is 0 Å². The maximum absolute atomic E-state index is 4.15. The first kappa shape index (κ1) is 7.77. The topological polar surface area (TPSA) is 30.7 Å². The van der Waals surface area contributed by atoms with Crippen LogP contribution in [0.5, 0.6) is 0 Å². The lowest BCUT2D eigenvalue weighted by Crippen LogP contribution is -2.04. The summed E-state index contributed by atoms with van der Waals surface area (Å²) < 4.78 is 1.80. The van der Waals surface area contributed by atoms with Crippen molar-refractivity contribution in [3.63, 3.8) is 0 Å². The van der Waals surface area contributed by atoms with Crippen molar-refractivity contribution in [3.05, 3.63) is 11.9 Å². The second kappa shape index (κ2) is 3.25. The third-order valence-corrected chi connectivity index (χ3v) is 2.64. The zero-order chi connectivity index (χ0) is 8.39. The number of aryl methyl sites for hydroxylation is 1. The Morgan fingerprint density at radius 1 is 1.33 bits per heavy atom. The van der Waals surface area contributed by atoms with Gasteiger partial charge in [0.15, 0.2) is 0 Å². The highest BCUT2D eigenvalue weighted by Gasteiger charge is 2.17. The molecule has 0 unspecified atom stereocenters. The quantitative estimate of drug-likeness (QED) is 0.636. The summed E-state index contributed by atoms with van der Waals surface area (Å²) in [5.41, 5.74) is 1.19. The molecular weight excluding hydrogens is 150 g/mol. The average Bonchev–Trinajstić information content (AvgIpc) is 2.54. The second-order valence-electron chi connectivity index (χ2n) is 3.65. The Labute approximate surface area is 72.8 Å². The first-order valence-electron chi connectivity index (χ1n) is 4.72. The van der Waals surface area contributed by atoms with E-state index in [-0.39, 0.29) is 0 Å². The molecule has 0 saturated heterocycles. The van der Waals surface area contributed by atoms with Gasteiger partial charge in [-0.05, 0) is 12.8 Å². The van der Waals surface area contributed by atoms with Crippen LogP contribution < -0.4 is 0 Å². The Hall–Kier alpha value is -0.860. The van der Waals surface area contributed by atoms with E-state index in [1.54, 1.807) is 4.68 Å². The summed E-state index contributed by atoms with van der Waals surface area (Å²) in [5, 5.41) is 8.11. The maximum atomic E-state index is 4.15. The van der Waals surface area contributed by atoms with Crippen LogP contribution in [0.25, 0.3) is 0 Å². The van der Waals surface area contributed by atoms with Gasteiger partial charge in [0, 0.05) is 19.2 Å². The first-order chi connectivity index (χ1) is 5.86. The Bertz CT molecular complexity index is 248. The monoisotopic (exact) mass is 165 g/mol. The molecule has 0 aromatic carbocycles. The zero-order valence-corrected chi connectivity index (χ0v) is 7.53. The molecule has 1 aromatic heterocycles. The van der Waals surface area contributed by atoms with Gasteiger partial charge in [0.1, 0.15) is 0 Å². The van der Waals surface area contributed by atoms with Crippen LogP contribution in [0.2, 0.25) is 0 Å². The van der Waals surface area contributed by atoms with E-state index >= 15 is 0 Å². The Kier molecular flexibility index (Phi) is 2.11. The van der Waals surface area contributed by atoms with Gasteiger partial charge in [-0.1, -0.05) is 24.5 Å². The Morgan fingerprint density at radius 3 is 2.67 bits per heavy atom. The van der Waals surface area contributed by atoms with Gasteiger partial charge in [0.2, 0.25) is 0 Å². The smallest absolute Gasteiger partial charge is 0.0857 e. The third kappa shape index (κ3) is 1.49. The lowest BCUT2D eigenvalue weighted by molar-refractivity contribution is 0.436. The lowest BCUT2D eigenvalue weighted by atomic mass is 9.87. The van der Waals surface area contributed by atoms with E-state index in [1.165, 1.54) is 37.8 Å². The minimum Gasteiger partial charge on any atom is -0.255 e. The van der Waals surface area contributed by atoms with Crippen LogP contribution in [0.15, 0.2) is 6.20 Å². The van der Waals surface area contributed by atoms with Crippen molar-refractivity contribution in [1.82, 2.24) is 15.0 Å². The number of aromatic nitrogens is 3. The number of nitrogens with zero attached hydrogens (tertiary/aromatic N) is 3. The molecule has 1 aliphatic rings. The van der Waals surface area contributed by atoms with Crippen LogP contribution in [0.3, 0.4) is 0 Å². The predicted molar refractivity (Wildman–Crippen MR) is 46.8 cm³/mol. The standard InChI is InChI=1S/C9H15N3/c1-12-7-9(10-11-12)8-5-3-2-4-6-8/h7-8H,2-6H2,1H3. The summed E-state index contributed by atoms with van der Waals surface area (Å²) in [7, 11) is 1.93. The van der Waals surface area contributed by atoms with E-state index in [0.717, 1.165) is 0 Å². The SMILES string of the molecule is Cn1cc(C2CCCCC2)nn1. The summed E-state index contributed by atoms with van der Waals surface area (Å²) in [6, 6.07) is 0. The number of hydrogen-bond donors (Lipinski definition) is 0. The van der Waals surface area contributed by atoms with Crippen molar-refractivity contribution >= 4 is 0 Å². The lowest BCUT2D eigenvalue weighted by Gasteiger charge is -2.18. The molecule has 0 spiro atoms.